The highest BCUT2D eigenvalue weighted by Gasteiger charge is 2.39. The summed E-state index contributed by atoms with van der Waals surface area (Å²) in [7, 11) is -4.34. The Kier molecular flexibility index (Phi) is 6.22. The van der Waals surface area contributed by atoms with Crippen molar-refractivity contribution in [2.45, 2.75) is 37.6 Å². The van der Waals surface area contributed by atoms with Gasteiger partial charge >= 0.3 is 0 Å². The minimum absolute atomic E-state index is 0.0289. The maximum absolute atomic E-state index is 14.5. The van der Waals surface area contributed by atoms with Crippen molar-refractivity contribution in [2.24, 2.45) is 5.92 Å². The Morgan fingerprint density at radius 2 is 1.91 bits per heavy atom. The molecule has 0 unspecified atom stereocenters. The number of halogens is 2. The zero-order valence-corrected chi connectivity index (χ0v) is 20.2. The van der Waals surface area contributed by atoms with E-state index in [1.807, 2.05) is 30.4 Å². The Morgan fingerprint density at radius 3 is 2.57 bits per heavy atom. The molecule has 8 nitrogen and oxygen atoms in total. The fourth-order valence-electron chi connectivity index (χ4n) is 4.50. The molecule has 0 spiro atoms. The van der Waals surface area contributed by atoms with E-state index in [4.69, 9.17) is 5.73 Å². The molecule has 1 aliphatic rings. The minimum atomic E-state index is -4.34. The van der Waals surface area contributed by atoms with Gasteiger partial charge in [0.15, 0.2) is 11.6 Å². The molecule has 1 atom stereocenters. The lowest BCUT2D eigenvalue weighted by molar-refractivity contribution is 0.0981. The number of hydrogen-bond donors (Lipinski definition) is 2. The standard InChI is InChI=1S/C24H25F2N5O3S/c1-14-12-24(2,3)31(13-14)22-16(9-10-18(29-22)15-6-4-7-17(25)20(15)26)23(32)30-35(33,34)19-8-5-11-28-21(19)27/h4-11,14H,12-13H2,1-3H3,(H2,27,28)(H,30,32)/t14-/m0/s1. The number of aromatic nitrogens is 2. The number of rotatable bonds is 5. The van der Waals surface area contributed by atoms with Crippen LogP contribution in [0.5, 0.6) is 0 Å². The van der Waals surface area contributed by atoms with Crippen molar-refractivity contribution < 1.29 is 22.0 Å². The first-order valence-corrected chi connectivity index (χ1v) is 12.4. The van der Waals surface area contributed by atoms with E-state index in [0.29, 0.717) is 6.54 Å². The molecule has 0 aliphatic carbocycles. The van der Waals surface area contributed by atoms with Crippen molar-refractivity contribution in [2.75, 3.05) is 17.2 Å². The molecule has 4 rings (SSSR count). The second-order valence-corrected chi connectivity index (χ2v) is 10.9. The van der Waals surface area contributed by atoms with Gasteiger partial charge in [0.05, 0.1) is 11.3 Å². The average Bonchev–Trinajstić information content (AvgIpc) is 3.06. The van der Waals surface area contributed by atoms with E-state index in [9.17, 15) is 22.0 Å². The topological polar surface area (TPSA) is 118 Å². The van der Waals surface area contributed by atoms with Crippen LogP contribution in [-0.4, -0.2) is 36.4 Å². The number of amides is 1. The van der Waals surface area contributed by atoms with E-state index in [0.717, 1.165) is 12.5 Å². The summed E-state index contributed by atoms with van der Waals surface area (Å²) in [6.07, 6.45) is 2.12. The number of carbonyl (C=O) groups excluding carboxylic acids is 1. The Balaban J connectivity index is 1.81. The molecule has 0 saturated carbocycles. The van der Waals surface area contributed by atoms with Gasteiger partial charge in [-0.25, -0.2) is 31.9 Å². The number of pyridine rings is 2. The molecule has 1 fully saturated rings. The van der Waals surface area contributed by atoms with Crippen molar-refractivity contribution in [3.8, 4) is 11.3 Å². The van der Waals surface area contributed by atoms with Crippen LogP contribution in [0.4, 0.5) is 20.4 Å². The second-order valence-electron chi connectivity index (χ2n) is 9.22. The Morgan fingerprint density at radius 1 is 1.17 bits per heavy atom. The summed E-state index contributed by atoms with van der Waals surface area (Å²) in [5, 5.41) is 0. The molecule has 3 N–H and O–H groups in total. The Bertz CT molecular complexity index is 1410. The summed E-state index contributed by atoms with van der Waals surface area (Å²) >= 11 is 0. The normalized spacial score (nSPS) is 17.4. The lowest BCUT2D eigenvalue weighted by Crippen LogP contribution is -2.41. The van der Waals surface area contributed by atoms with Crippen molar-refractivity contribution in [3.05, 3.63) is 65.9 Å². The molecule has 35 heavy (non-hydrogen) atoms. The van der Waals surface area contributed by atoms with Gasteiger partial charge < -0.3 is 10.6 Å². The third-order valence-corrected chi connectivity index (χ3v) is 7.37. The predicted molar refractivity (Wildman–Crippen MR) is 128 cm³/mol. The molecule has 1 aromatic carbocycles. The summed E-state index contributed by atoms with van der Waals surface area (Å²) in [6.45, 7) is 6.54. The van der Waals surface area contributed by atoms with Gasteiger partial charge in [0, 0.05) is 23.8 Å². The molecule has 11 heteroatoms. The Hall–Kier alpha value is -3.60. The smallest absolute Gasteiger partial charge is 0.268 e. The number of carbonyl (C=O) groups is 1. The first kappa shape index (κ1) is 24.5. The monoisotopic (exact) mass is 501 g/mol. The number of sulfonamides is 1. The molecule has 3 aromatic rings. The van der Waals surface area contributed by atoms with Crippen LogP contribution in [0.2, 0.25) is 0 Å². The summed E-state index contributed by atoms with van der Waals surface area (Å²) in [6, 6.07) is 9.09. The van der Waals surface area contributed by atoms with Crippen LogP contribution in [0.25, 0.3) is 11.3 Å². The number of nitrogens with zero attached hydrogens (tertiary/aromatic N) is 3. The van der Waals surface area contributed by atoms with Crippen LogP contribution < -0.4 is 15.4 Å². The highest BCUT2D eigenvalue weighted by atomic mass is 32.2. The number of anilines is 2. The summed E-state index contributed by atoms with van der Waals surface area (Å²) in [5.74, 6) is -2.84. The molecular formula is C24H25F2N5O3S. The molecule has 1 amide bonds. The van der Waals surface area contributed by atoms with Gasteiger partial charge in [-0.05, 0) is 62.6 Å². The van der Waals surface area contributed by atoms with Crippen LogP contribution in [0, 0.1) is 17.6 Å². The lowest BCUT2D eigenvalue weighted by atomic mass is 9.97. The van der Waals surface area contributed by atoms with Crippen molar-refractivity contribution in [1.82, 2.24) is 14.7 Å². The van der Waals surface area contributed by atoms with Gasteiger partial charge in [0.1, 0.15) is 16.5 Å². The third-order valence-electron chi connectivity index (χ3n) is 5.99. The van der Waals surface area contributed by atoms with E-state index in [1.54, 1.807) is 0 Å². The van der Waals surface area contributed by atoms with Crippen LogP contribution in [-0.2, 0) is 10.0 Å². The van der Waals surface area contributed by atoms with Crippen molar-refractivity contribution in [3.63, 3.8) is 0 Å². The summed E-state index contributed by atoms with van der Waals surface area (Å²) < 4.78 is 56.1. The summed E-state index contributed by atoms with van der Waals surface area (Å²) in [4.78, 5) is 23.1. The first-order valence-electron chi connectivity index (χ1n) is 10.9. The molecule has 3 heterocycles. The van der Waals surface area contributed by atoms with Gasteiger partial charge in [-0.1, -0.05) is 13.0 Å². The SMILES string of the molecule is C[C@@H]1CN(c2nc(-c3cccc(F)c3F)ccc2C(=O)NS(=O)(=O)c2cccnc2N)C(C)(C)C1. The van der Waals surface area contributed by atoms with Gasteiger partial charge in [-0.15, -0.1) is 0 Å². The number of nitrogens with one attached hydrogen (secondary N) is 1. The predicted octanol–water partition coefficient (Wildman–Crippen LogP) is 3.75. The average molecular weight is 502 g/mol. The molecule has 184 valence electrons. The quantitative estimate of drug-likeness (QED) is 0.547. The van der Waals surface area contributed by atoms with E-state index >= 15 is 0 Å². The van der Waals surface area contributed by atoms with Gasteiger partial charge in [0.2, 0.25) is 0 Å². The number of benzene rings is 1. The number of nitrogens with two attached hydrogens (primary N) is 1. The number of nitrogen functional groups attached to an aromatic ring is 1. The first-order chi connectivity index (χ1) is 16.4. The van der Waals surface area contributed by atoms with E-state index in [-0.39, 0.29) is 39.3 Å². The highest BCUT2D eigenvalue weighted by Crippen LogP contribution is 2.38. The van der Waals surface area contributed by atoms with E-state index in [2.05, 4.69) is 9.97 Å². The fraction of sp³-hybridized carbons (Fsp3) is 0.292. The maximum atomic E-state index is 14.5. The van der Waals surface area contributed by atoms with Crippen molar-refractivity contribution >= 4 is 27.6 Å². The van der Waals surface area contributed by atoms with Crippen LogP contribution in [0.3, 0.4) is 0 Å². The lowest BCUT2D eigenvalue weighted by Gasteiger charge is -2.34. The van der Waals surface area contributed by atoms with Crippen LogP contribution in [0.1, 0.15) is 37.6 Å². The van der Waals surface area contributed by atoms with Crippen LogP contribution >= 0.6 is 0 Å². The largest absolute Gasteiger partial charge is 0.383 e. The molecule has 0 radical (unpaired) electrons. The molecular weight excluding hydrogens is 476 g/mol. The summed E-state index contributed by atoms with van der Waals surface area (Å²) in [5.41, 5.74) is 5.28. The van der Waals surface area contributed by atoms with Gasteiger partial charge in [-0.2, -0.15) is 0 Å². The third kappa shape index (κ3) is 4.68. The van der Waals surface area contributed by atoms with Gasteiger partial charge in [-0.3, -0.25) is 4.79 Å². The van der Waals surface area contributed by atoms with Gasteiger partial charge in [0.25, 0.3) is 15.9 Å². The second kappa shape index (κ2) is 8.88. The highest BCUT2D eigenvalue weighted by molar-refractivity contribution is 7.90. The van der Waals surface area contributed by atoms with E-state index in [1.165, 1.54) is 42.6 Å². The molecule has 1 aliphatic heterocycles. The Labute approximate surface area is 202 Å². The molecule has 0 bridgehead atoms. The van der Waals surface area contributed by atoms with Crippen LogP contribution in [0.15, 0.2) is 53.6 Å². The zero-order chi connectivity index (χ0) is 25.5. The zero-order valence-electron chi connectivity index (χ0n) is 19.4. The minimum Gasteiger partial charge on any atom is -0.383 e. The number of hydrogen-bond acceptors (Lipinski definition) is 7. The molecule has 1 saturated heterocycles. The van der Waals surface area contributed by atoms with Crippen molar-refractivity contribution in [1.29, 1.82) is 0 Å². The maximum Gasteiger partial charge on any atom is 0.268 e. The van der Waals surface area contributed by atoms with E-state index < -0.39 is 33.1 Å². The molecule has 2 aromatic heterocycles. The fourth-order valence-corrected chi connectivity index (χ4v) is 5.55.